The molecule has 0 aliphatic carbocycles. The molecule has 0 saturated carbocycles. The molecule has 0 unspecified atom stereocenters. The average Bonchev–Trinajstić information content (AvgIpc) is 3.29. The second-order valence-electron chi connectivity index (χ2n) is 6.37. The van der Waals surface area contributed by atoms with Crippen LogP contribution in [0.3, 0.4) is 0 Å². The molecule has 1 aromatic carbocycles. The first-order chi connectivity index (χ1) is 14.4. The number of nitrogens with one attached hydrogen (secondary N) is 1. The van der Waals surface area contributed by atoms with Crippen LogP contribution in [0, 0.1) is 0 Å². The summed E-state index contributed by atoms with van der Waals surface area (Å²) in [4.78, 5) is 14.4. The van der Waals surface area contributed by atoms with Crippen LogP contribution in [0.4, 0.5) is 5.82 Å². The molecule has 0 atom stereocenters. The molecule has 3 aromatic rings. The van der Waals surface area contributed by atoms with Crippen LogP contribution in [-0.2, 0) is 6.54 Å². The first-order valence-electron chi connectivity index (χ1n) is 8.87. The first kappa shape index (κ1) is 20.7. The number of phenols is 1. The predicted octanol–water partition coefficient (Wildman–Crippen LogP) is 0.162. The van der Waals surface area contributed by atoms with Gasteiger partial charge in [0.1, 0.15) is 0 Å². The van der Waals surface area contributed by atoms with Crippen LogP contribution in [0.15, 0.2) is 27.9 Å². The minimum atomic E-state index is -0.576. The van der Waals surface area contributed by atoms with E-state index in [1.165, 1.54) is 17.0 Å². The topological polar surface area (TPSA) is 170 Å². The fraction of sp³-hybridized carbons (Fsp3) is 0.294. The Hall–Kier alpha value is -4.00. The Balaban J connectivity index is 1.80. The molecule has 0 bridgehead atoms. The van der Waals surface area contributed by atoms with Gasteiger partial charge in [0.05, 0.1) is 18.5 Å². The molecular weight excluding hydrogens is 394 g/mol. The number of nitrogens with two attached hydrogens (primary N) is 1. The number of rotatable bonds is 8. The summed E-state index contributed by atoms with van der Waals surface area (Å²) in [5.41, 5.74) is 9.22. The number of aromatic nitrogens is 5. The number of amides is 1. The molecule has 4 N–H and O–H groups in total. The highest BCUT2D eigenvalue weighted by atomic mass is 16.6. The smallest absolute Gasteiger partial charge is 0.293 e. The standard InChI is InChI=1S/C17H21N9O4/c1-4-29-13-7-10(5-6-12(13)27)8-19-21-17(28)14-11(9-25(2)3)26(24-20-14)16-15(18)22-30-23-16/h5-8,27H,4,9H2,1-3H3,(H2,18,22)(H,21,28)/b19-8+. The number of hydrogen-bond donors (Lipinski definition) is 3. The third-order valence-electron chi connectivity index (χ3n) is 3.80. The molecule has 1 amide bonds. The Bertz CT molecular complexity index is 1060. The second-order valence-corrected chi connectivity index (χ2v) is 6.37. The lowest BCUT2D eigenvalue weighted by Crippen LogP contribution is -2.23. The largest absolute Gasteiger partial charge is 0.504 e. The highest BCUT2D eigenvalue weighted by Gasteiger charge is 2.24. The van der Waals surface area contributed by atoms with E-state index >= 15 is 0 Å². The SMILES string of the molecule is CCOc1cc(/C=N/NC(=O)c2nnn(-c3nonc3N)c2CN(C)C)ccc1O. The summed E-state index contributed by atoms with van der Waals surface area (Å²) >= 11 is 0. The molecule has 2 heterocycles. The fourth-order valence-corrected chi connectivity index (χ4v) is 2.53. The molecule has 0 spiro atoms. The van der Waals surface area contributed by atoms with E-state index < -0.39 is 5.91 Å². The monoisotopic (exact) mass is 415 g/mol. The number of ether oxygens (including phenoxy) is 1. The molecule has 0 saturated heterocycles. The number of nitrogen functional groups attached to an aromatic ring is 1. The summed E-state index contributed by atoms with van der Waals surface area (Å²) in [6, 6.07) is 4.70. The van der Waals surface area contributed by atoms with E-state index in [4.69, 9.17) is 10.5 Å². The number of hydrogen-bond acceptors (Lipinski definition) is 11. The number of hydrazone groups is 1. The fourth-order valence-electron chi connectivity index (χ4n) is 2.53. The quantitative estimate of drug-likeness (QED) is 0.340. The molecule has 158 valence electrons. The van der Waals surface area contributed by atoms with Gasteiger partial charge in [0.15, 0.2) is 17.2 Å². The molecule has 0 aliphatic rings. The van der Waals surface area contributed by atoms with Gasteiger partial charge in [-0.3, -0.25) is 4.79 Å². The third-order valence-corrected chi connectivity index (χ3v) is 3.80. The number of nitrogens with zero attached hydrogens (tertiary/aromatic N) is 7. The van der Waals surface area contributed by atoms with Crippen LogP contribution < -0.4 is 15.9 Å². The van der Waals surface area contributed by atoms with Gasteiger partial charge in [0.2, 0.25) is 11.6 Å². The van der Waals surface area contributed by atoms with Crippen LogP contribution >= 0.6 is 0 Å². The van der Waals surface area contributed by atoms with E-state index in [0.717, 1.165) is 0 Å². The van der Waals surface area contributed by atoms with E-state index in [0.29, 0.717) is 30.2 Å². The number of phenolic OH excluding ortho intramolecular Hbond substituents is 1. The lowest BCUT2D eigenvalue weighted by molar-refractivity contribution is 0.0948. The predicted molar refractivity (Wildman–Crippen MR) is 105 cm³/mol. The Morgan fingerprint density at radius 2 is 2.23 bits per heavy atom. The Labute approximate surface area is 171 Å². The van der Waals surface area contributed by atoms with Gasteiger partial charge >= 0.3 is 0 Å². The minimum absolute atomic E-state index is 0.0160. The van der Waals surface area contributed by atoms with Crippen molar-refractivity contribution in [1.29, 1.82) is 0 Å². The first-order valence-corrected chi connectivity index (χ1v) is 8.87. The molecule has 0 fully saturated rings. The number of aromatic hydroxyl groups is 1. The minimum Gasteiger partial charge on any atom is -0.504 e. The van der Waals surface area contributed by atoms with Crippen molar-refractivity contribution in [2.75, 3.05) is 26.4 Å². The number of benzene rings is 1. The Kier molecular flexibility index (Phi) is 6.22. The number of carbonyl (C=O) groups is 1. The molecule has 30 heavy (non-hydrogen) atoms. The normalized spacial score (nSPS) is 11.3. The lowest BCUT2D eigenvalue weighted by atomic mass is 10.2. The van der Waals surface area contributed by atoms with Crippen molar-refractivity contribution in [2.24, 2.45) is 5.10 Å². The van der Waals surface area contributed by atoms with Crippen molar-refractivity contribution in [2.45, 2.75) is 13.5 Å². The molecule has 13 heteroatoms. The van der Waals surface area contributed by atoms with Gasteiger partial charge in [0.25, 0.3) is 5.91 Å². The van der Waals surface area contributed by atoms with Crippen molar-refractivity contribution in [1.82, 2.24) is 35.6 Å². The number of anilines is 1. The van der Waals surface area contributed by atoms with E-state index in [1.54, 1.807) is 12.1 Å². The van der Waals surface area contributed by atoms with Gasteiger partial charge in [-0.2, -0.15) is 9.78 Å². The summed E-state index contributed by atoms with van der Waals surface area (Å²) in [5.74, 6) is -0.0858. The van der Waals surface area contributed by atoms with Gasteiger partial charge in [-0.25, -0.2) is 10.1 Å². The van der Waals surface area contributed by atoms with E-state index in [2.05, 4.69) is 35.8 Å². The molecule has 0 radical (unpaired) electrons. The Morgan fingerprint density at radius 1 is 1.43 bits per heavy atom. The van der Waals surface area contributed by atoms with Crippen molar-refractivity contribution in [3.63, 3.8) is 0 Å². The van der Waals surface area contributed by atoms with E-state index in [1.807, 2.05) is 25.9 Å². The Morgan fingerprint density at radius 3 is 2.90 bits per heavy atom. The zero-order valence-electron chi connectivity index (χ0n) is 16.6. The summed E-state index contributed by atoms with van der Waals surface area (Å²) in [5, 5.41) is 28.8. The van der Waals surface area contributed by atoms with Gasteiger partial charge in [-0.05, 0) is 55.1 Å². The zero-order chi connectivity index (χ0) is 21.7. The van der Waals surface area contributed by atoms with Gasteiger partial charge < -0.3 is 20.5 Å². The second kappa shape index (κ2) is 9.00. The van der Waals surface area contributed by atoms with Gasteiger partial charge in [-0.1, -0.05) is 5.21 Å². The van der Waals surface area contributed by atoms with Gasteiger partial charge in [-0.15, -0.1) is 5.10 Å². The number of carbonyl (C=O) groups excluding carboxylic acids is 1. The molecule has 13 nitrogen and oxygen atoms in total. The van der Waals surface area contributed by atoms with Crippen molar-refractivity contribution in [3.05, 3.63) is 35.2 Å². The van der Waals surface area contributed by atoms with Crippen LogP contribution in [0.5, 0.6) is 11.5 Å². The van der Waals surface area contributed by atoms with Crippen molar-refractivity contribution in [3.8, 4) is 17.3 Å². The highest BCUT2D eigenvalue weighted by Crippen LogP contribution is 2.26. The highest BCUT2D eigenvalue weighted by molar-refractivity contribution is 5.94. The lowest BCUT2D eigenvalue weighted by Gasteiger charge is -2.11. The molecule has 3 rings (SSSR count). The summed E-state index contributed by atoms with van der Waals surface area (Å²) in [7, 11) is 3.64. The molecule has 2 aromatic heterocycles. The maximum atomic E-state index is 12.6. The van der Waals surface area contributed by atoms with Gasteiger partial charge in [0, 0.05) is 6.54 Å². The summed E-state index contributed by atoms with van der Waals surface area (Å²) in [6.07, 6.45) is 1.41. The van der Waals surface area contributed by atoms with Crippen LogP contribution in [0.2, 0.25) is 0 Å². The average molecular weight is 415 g/mol. The third kappa shape index (κ3) is 4.52. The van der Waals surface area contributed by atoms with Crippen LogP contribution in [-0.4, -0.2) is 68.1 Å². The molecular formula is C17H21N9O4. The summed E-state index contributed by atoms with van der Waals surface area (Å²) in [6.45, 7) is 2.53. The van der Waals surface area contributed by atoms with Crippen LogP contribution in [0.25, 0.3) is 5.82 Å². The maximum absolute atomic E-state index is 12.6. The zero-order valence-corrected chi connectivity index (χ0v) is 16.6. The maximum Gasteiger partial charge on any atom is 0.293 e. The van der Waals surface area contributed by atoms with Crippen molar-refractivity contribution < 1.29 is 19.3 Å². The van der Waals surface area contributed by atoms with E-state index in [9.17, 15) is 9.90 Å². The summed E-state index contributed by atoms with van der Waals surface area (Å²) < 4.78 is 11.2. The van der Waals surface area contributed by atoms with E-state index in [-0.39, 0.29) is 23.1 Å². The van der Waals surface area contributed by atoms with Crippen LogP contribution in [0.1, 0.15) is 28.7 Å². The molecule has 0 aliphatic heterocycles. The van der Waals surface area contributed by atoms with Crippen molar-refractivity contribution >= 4 is 17.9 Å².